The Bertz CT molecular complexity index is 1000. The molecule has 202 valence electrons. The zero-order valence-electron chi connectivity index (χ0n) is 22.9. The van der Waals surface area contributed by atoms with Crippen molar-refractivity contribution < 1.29 is 30.0 Å². The van der Waals surface area contributed by atoms with Crippen LogP contribution in [0.1, 0.15) is 92.9 Å². The Morgan fingerprint density at radius 2 is 1.69 bits per heavy atom. The summed E-state index contributed by atoms with van der Waals surface area (Å²) in [7, 11) is 0. The van der Waals surface area contributed by atoms with Crippen LogP contribution in [-0.4, -0.2) is 50.5 Å². The molecule has 4 N–H and O–H groups in total. The lowest BCUT2D eigenvalue weighted by molar-refractivity contribution is -0.243. The molecule has 0 aliphatic heterocycles. The molecule has 4 fully saturated rings. The fraction of sp³-hybridized carbons (Fsp3) is 0.867. The molecule has 6 heteroatoms. The van der Waals surface area contributed by atoms with Crippen molar-refractivity contribution in [3.05, 3.63) is 11.6 Å². The molecule has 0 aromatic rings. The molecule has 0 spiro atoms. The molecule has 0 amide bonds. The standard InChI is InChI=1S/C30H46O6/c1-17-9-12-30(24(34)35)14-13-27(4)18(22(30)29(17,6)36)7-8-20-25(2)11-10-21(33)26(3,16-31)23(25)19(32)15-28(20,27)5/h7,16-17,19-23,32-33,36H,8-15H2,1-6H3,(H,34,35)/t17-,19+,20-,21+,22-,23-,25-,26+,27-,28-,29-,30+/m1/s1. The summed E-state index contributed by atoms with van der Waals surface area (Å²) in [5.41, 5.74) is -3.04. The summed E-state index contributed by atoms with van der Waals surface area (Å²) in [6.45, 7) is 12.4. The third-order valence-electron chi connectivity index (χ3n) is 13.3. The van der Waals surface area contributed by atoms with Gasteiger partial charge in [-0.2, -0.15) is 0 Å². The van der Waals surface area contributed by atoms with Gasteiger partial charge in [0.05, 0.1) is 28.6 Å². The number of aldehydes is 1. The molecule has 0 radical (unpaired) electrons. The van der Waals surface area contributed by atoms with Crippen LogP contribution in [0.15, 0.2) is 11.6 Å². The Balaban J connectivity index is 1.67. The van der Waals surface area contributed by atoms with Crippen LogP contribution in [0.5, 0.6) is 0 Å². The van der Waals surface area contributed by atoms with Crippen LogP contribution in [0.25, 0.3) is 0 Å². The number of allylic oxidation sites excluding steroid dienone is 1. The fourth-order valence-electron chi connectivity index (χ4n) is 10.9. The second-order valence-corrected chi connectivity index (χ2v) is 14.6. The van der Waals surface area contributed by atoms with Crippen LogP contribution in [-0.2, 0) is 9.59 Å². The molecule has 4 saturated carbocycles. The molecule has 5 aliphatic carbocycles. The molecule has 0 saturated heterocycles. The van der Waals surface area contributed by atoms with Crippen molar-refractivity contribution in [3.8, 4) is 0 Å². The zero-order valence-corrected chi connectivity index (χ0v) is 22.9. The van der Waals surface area contributed by atoms with Gasteiger partial charge in [0.1, 0.15) is 6.29 Å². The smallest absolute Gasteiger partial charge is 0.310 e. The van der Waals surface area contributed by atoms with E-state index in [0.717, 1.165) is 24.7 Å². The van der Waals surface area contributed by atoms with Crippen molar-refractivity contribution in [2.45, 2.75) is 111 Å². The van der Waals surface area contributed by atoms with Crippen LogP contribution in [0, 0.1) is 50.7 Å². The predicted octanol–water partition coefficient (Wildman–Crippen LogP) is 4.35. The minimum atomic E-state index is -1.13. The third kappa shape index (κ3) is 2.85. The summed E-state index contributed by atoms with van der Waals surface area (Å²) >= 11 is 0. The van der Waals surface area contributed by atoms with Gasteiger partial charge in [-0.05, 0) is 86.4 Å². The van der Waals surface area contributed by atoms with Crippen molar-refractivity contribution in [2.24, 2.45) is 50.7 Å². The van der Waals surface area contributed by atoms with Crippen molar-refractivity contribution in [1.82, 2.24) is 0 Å². The topological polar surface area (TPSA) is 115 Å². The number of carbonyl (C=O) groups excluding carboxylic acids is 1. The Kier molecular flexibility index (Phi) is 5.61. The molecule has 12 atom stereocenters. The van der Waals surface area contributed by atoms with Crippen molar-refractivity contribution in [3.63, 3.8) is 0 Å². The maximum atomic E-state index is 12.8. The molecular weight excluding hydrogens is 456 g/mol. The molecule has 0 unspecified atom stereocenters. The molecule has 0 aromatic carbocycles. The zero-order chi connectivity index (χ0) is 26.7. The lowest BCUT2D eigenvalue weighted by Gasteiger charge is -2.72. The summed E-state index contributed by atoms with van der Waals surface area (Å²) in [4.78, 5) is 25.2. The van der Waals surface area contributed by atoms with Gasteiger partial charge in [0.2, 0.25) is 0 Å². The Morgan fingerprint density at radius 3 is 2.31 bits per heavy atom. The minimum Gasteiger partial charge on any atom is -0.481 e. The number of aliphatic carboxylic acids is 1. The van der Waals surface area contributed by atoms with E-state index in [4.69, 9.17) is 0 Å². The Labute approximate surface area is 215 Å². The van der Waals surface area contributed by atoms with E-state index in [1.807, 2.05) is 20.8 Å². The molecule has 36 heavy (non-hydrogen) atoms. The maximum absolute atomic E-state index is 12.8. The van der Waals surface area contributed by atoms with Crippen LogP contribution in [0.4, 0.5) is 0 Å². The van der Waals surface area contributed by atoms with E-state index in [1.165, 1.54) is 0 Å². The average Bonchev–Trinajstić information content (AvgIpc) is 2.79. The first-order chi connectivity index (χ1) is 16.6. The highest BCUT2D eigenvalue weighted by Gasteiger charge is 2.73. The first kappa shape index (κ1) is 26.4. The summed E-state index contributed by atoms with van der Waals surface area (Å²) in [5.74, 6) is -1.41. The van der Waals surface area contributed by atoms with E-state index in [9.17, 15) is 30.0 Å². The Hall–Kier alpha value is -1.24. The van der Waals surface area contributed by atoms with E-state index in [2.05, 4.69) is 26.8 Å². The van der Waals surface area contributed by atoms with E-state index >= 15 is 0 Å². The first-order valence-corrected chi connectivity index (χ1v) is 14.0. The Morgan fingerprint density at radius 1 is 1.03 bits per heavy atom. The highest BCUT2D eigenvalue weighted by Crippen LogP contribution is 2.75. The lowest BCUT2D eigenvalue weighted by Crippen LogP contribution is -2.70. The van der Waals surface area contributed by atoms with Gasteiger partial charge in [0.25, 0.3) is 0 Å². The third-order valence-corrected chi connectivity index (χ3v) is 13.3. The van der Waals surface area contributed by atoms with Crippen molar-refractivity contribution in [2.75, 3.05) is 0 Å². The van der Waals surface area contributed by atoms with Crippen LogP contribution in [0.3, 0.4) is 0 Å². The number of carbonyl (C=O) groups is 2. The summed E-state index contributed by atoms with van der Waals surface area (Å²) in [6.07, 6.45) is 6.66. The molecule has 5 aliphatic rings. The first-order valence-electron chi connectivity index (χ1n) is 14.0. The van der Waals surface area contributed by atoms with Gasteiger partial charge in [-0.15, -0.1) is 0 Å². The van der Waals surface area contributed by atoms with E-state index in [0.29, 0.717) is 38.5 Å². The second-order valence-electron chi connectivity index (χ2n) is 14.6. The normalized spacial score (nSPS) is 58.4. The quantitative estimate of drug-likeness (QED) is 0.330. The van der Waals surface area contributed by atoms with Gasteiger partial charge in [-0.25, -0.2) is 0 Å². The monoisotopic (exact) mass is 502 g/mol. The SMILES string of the molecule is C[C@@H]1CC[C@]2(C(=O)O)CC[C@]3(C)C(=CC[C@@H]4[C@@]5(C)CC[C@H](O)[C@](C)(C=O)[C@@H]5[C@@H](O)C[C@]43C)[C@@H]2[C@]1(C)O. The van der Waals surface area contributed by atoms with Gasteiger partial charge in [-0.3, -0.25) is 4.79 Å². The predicted molar refractivity (Wildman–Crippen MR) is 136 cm³/mol. The summed E-state index contributed by atoms with van der Waals surface area (Å²) in [6, 6.07) is 0. The average molecular weight is 503 g/mol. The van der Waals surface area contributed by atoms with Gasteiger partial charge >= 0.3 is 5.97 Å². The lowest BCUT2D eigenvalue weighted by atomic mass is 9.32. The second kappa shape index (κ2) is 7.66. The van der Waals surface area contributed by atoms with Gasteiger partial charge < -0.3 is 25.2 Å². The number of aliphatic hydroxyl groups excluding tert-OH is 2. The number of aliphatic hydroxyl groups is 3. The van der Waals surface area contributed by atoms with E-state index in [-0.39, 0.29) is 34.0 Å². The minimum absolute atomic E-state index is 0.00395. The number of hydrogen-bond donors (Lipinski definition) is 4. The highest BCUT2D eigenvalue weighted by atomic mass is 16.4. The fourth-order valence-corrected chi connectivity index (χ4v) is 10.9. The highest BCUT2D eigenvalue weighted by molar-refractivity contribution is 5.77. The molecule has 0 aromatic heterocycles. The summed E-state index contributed by atoms with van der Waals surface area (Å²) in [5, 5.41) is 45.0. The molecule has 5 rings (SSSR count). The number of rotatable bonds is 2. The van der Waals surface area contributed by atoms with Crippen LogP contribution >= 0.6 is 0 Å². The molecule has 6 nitrogen and oxygen atoms in total. The van der Waals surface area contributed by atoms with Crippen molar-refractivity contribution >= 4 is 12.3 Å². The van der Waals surface area contributed by atoms with E-state index < -0.39 is 40.5 Å². The van der Waals surface area contributed by atoms with Crippen LogP contribution < -0.4 is 0 Å². The van der Waals surface area contributed by atoms with Crippen LogP contribution in [0.2, 0.25) is 0 Å². The van der Waals surface area contributed by atoms with Crippen molar-refractivity contribution in [1.29, 1.82) is 0 Å². The van der Waals surface area contributed by atoms with Gasteiger partial charge in [0, 0.05) is 11.8 Å². The number of fused-ring (bicyclic) bond motifs is 7. The largest absolute Gasteiger partial charge is 0.481 e. The molecular formula is C30H46O6. The summed E-state index contributed by atoms with van der Waals surface area (Å²) < 4.78 is 0. The maximum Gasteiger partial charge on any atom is 0.310 e. The molecule has 0 heterocycles. The van der Waals surface area contributed by atoms with Gasteiger partial charge in [0.15, 0.2) is 0 Å². The number of carboxylic acid groups (broad SMARTS) is 1. The van der Waals surface area contributed by atoms with Gasteiger partial charge in [-0.1, -0.05) is 46.3 Å². The number of carboxylic acids is 1. The number of hydrogen-bond acceptors (Lipinski definition) is 5. The molecule has 0 bridgehead atoms. The van der Waals surface area contributed by atoms with E-state index in [1.54, 1.807) is 0 Å².